The zero-order chi connectivity index (χ0) is 13.1. The summed E-state index contributed by atoms with van der Waals surface area (Å²) in [5.41, 5.74) is 3.48. The predicted molar refractivity (Wildman–Crippen MR) is 71.1 cm³/mol. The van der Waals surface area contributed by atoms with Crippen LogP contribution in [0.25, 0.3) is 0 Å². The SMILES string of the molecule is Cn1ccnc1CC(NN)c1cccc(F)c1Br. The standard InChI is InChI=1S/C12H14BrFN4/c1-18-6-5-16-11(18)7-10(17-15)8-3-2-4-9(14)12(8)13/h2-6,10,17H,7,15H2,1H3. The summed E-state index contributed by atoms with van der Waals surface area (Å²) >= 11 is 3.25. The molecule has 0 aliphatic heterocycles. The topological polar surface area (TPSA) is 55.9 Å². The Morgan fingerprint density at radius 3 is 2.94 bits per heavy atom. The van der Waals surface area contributed by atoms with Gasteiger partial charge in [-0.25, -0.2) is 9.37 Å². The fraction of sp³-hybridized carbons (Fsp3) is 0.250. The van der Waals surface area contributed by atoms with Crippen LogP contribution in [0, 0.1) is 5.82 Å². The summed E-state index contributed by atoms with van der Waals surface area (Å²) in [4.78, 5) is 4.24. The molecule has 0 amide bonds. The largest absolute Gasteiger partial charge is 0.338 e. The number of nitrogens with two attached hydrogens (primary N) is 1. The Morgan fingerprint density at radius 2 is 2.33 bits per heavy atom. The summed E-state index contributed by atoms with van der Waals surface area (Å²) in [7, 11) is 1.91. The third-order valence-corrected chi connectivity index (χ3v) is 3.70. The first-order valence-corrected chi connectivity index (χ1v) is 6.29. The van der Waals surface area contributed by atoms with Crippen LogP contribution in [0.15, 0.2) is 35.1 Å². The van der Waals surface area contributed by atoms with Gasteiger partial charge in [-0.2, -0.15) is 0 Å². The van der Waals surface area contributed by atoms with Gasteiger partial charge in [0.15, 0.2) is 0 Å². The van der Waals surface area contributed by atoms with Gasteiger partial charge in [0.05, 0.1) is 10.5 Å². The molecular formula is C12H14BrFN4. The monoisotopic (exact) mass is 312 g/mol. The van der Waals surface area contributed by atoms with Crippen LogP contribution in [0.5, 0.6) is 0 Å². The Kier molecular flexibility index (Phi) is 4.11. The molecule has 6 heteroatoms. The van der Waals surface area contributed by atoms with Crippen LogP contribution in [0.4, 0.5) is 4.39 Å². The first kappa shape index (κ1) is 13.2. The summed E-state index contributed by atoms with van der Waals surface area (Å²) < 4.78 is 15.8. The van der Waals surface area contributed by atoms with Crippen LogP contribution < -0.4 is 11.3 Å². The van der Waals surface area contributed by atoms with E-state index in [2.05, 4.69) is 26.3 Å². The Balaban J connectivity index is 2.29. The van der Waals surface area contributed by atoms with Gasteiger partial charge in [0.2, 0.25) is 0 Å². The van der Waals surface area contributed by atoms with Crippen LogP contribution in [-0.4, -0.2) is 9.55 Å². The van der Waals surface area contributed by atoms with E-state index in [0.29, 0.717) is 10.9 Å². The summed E-state index contributed by atoms with van der Waals surface area (Å²) in [5, 5.41) is 0. The first-order valence-electron chi connectivity index (χ1n) is 5.49. The van der Waals surface area contributed by atoms with Crippen molar-refractivity contribution in [2.45, 2.75) is 12.5 Å². The lowest BCUT2D eigenvalue weighted by Crippen LogP contribution is -2.30. The van der Waals surface area contributed by atoms with Crippen molar-refractivity contribution in [3.8, 4) is 0 Å². The number of aryl methyl sites for hydroxylation is 1. The van der Waals surface area contributed by atoms with E-state index in [9.17, 15) is 4.39 Å². The zero-order valence-electron chi connectivity index (χ0n) is 9.90. The van der Waals surface area contributed by atoms with Gasteiger partial charge in [-0.3, -0.25) is 11.3 Å². The second-order valence-corrected chi connectivity index (χ2v) is 4.81. The van der Waals surface area contributed by atoms with E-state index in [1.165, 1.54) is 6.07 Å². The summed E-state index contributed by atoms with van der Waals surface area (Å²) in [5.74, 6) is 6.15. The van der Waals surface area contributed by atoms with Gasteiger partial charge >= 0.3 is 0 Å². The molecule has 0 saturated carbocycles. The van der Waals surface area contributed by atoms with Crippen molar-refractivity contribution < 1.29 is 4.39 Å². The number of nitrogens with one attached hydrogen (secondary N) is 1. The molecule has 0 radical (unpaired) electrons. The highest BCUT2D eigenvalue weighted by Crippen LogP contribution is 2.27. The van der Waals surface area contributed by atoms with Crippen LogP contribution >= 0.6 is 15.9 Å². The number of hydrogen-bond acceptors (Lipinski definition) is 3. The number of benzene rings is 1. The molecule has 1 unspecified atom stereocenters. The number of aromatic nitrogens is 2. The Morgan fingerprint density at radius 1 is 1.56 bits per heavy atom. The molecule has 2 rings (SSSR count). The number of halogens is 2. The minimum Gasteiger partial charge on any atom is -0.338 e. The molecule has 4 nitrogen and oxygen atoms in total. The summed E-state index contributed by atoms with van der Waals surface area (Å²) in [6.07, 6.45) is 4.18. The molecule has 18 heavy (non-hydrogen) atoms. The van der Waals surface area contributed by atoms with Crippen LogP contribution in [0.1, 0.15) is 17.4 Å². The normalized spacial score (nSPS) is 12.7. The van der Waals surface area contributed by atoms with Gasteiger partial charge in [-0.05, 0) is 27.6 Å². The molecule has 0 spiro atoms. The number of hydrogen-bond donors (Lipinski definition) is 2. The zero-order valence-corrected chi connectivity index (χ0v) is 11.5. The van der Waals surface area contributed by atoms with E-state index in [1.807, 2.05) is 23.9 Å². The van der Waals surface area contributed by atoms with Crippen LogP contribution in [0.3, 0.4) is 0 Å². The Hall–Kier alpha value is -1.24. The van der Waals surface area contributed by atoms with E-state index in [-0.39, 0.29) is 11.9 Å². The predicted octanol–water partition coefficient (Wildman–Crippen LogP) is 2.07. The molecule has 0 fully saturated rings. The lowest BCUT2D eigenvalue weighted by Gasteiger charge is -2.17. The van der Waals surface area contributed by atoms with E-state index < -0.39 is 0 Å². The second kappa shape index (κ2) is 5.60. The molecule has 1 atom stereocenters. The second-order valence-electron chi connectivity index (χ2n) is 4.02. The molecule has 96 valence electrons. The van der Waals surface area contributed by atoms with E-state index in [1.54, 1.807) is 12.3 Å². The van der Waals surface area contributed by atoms with Crippen molar-refractivity contribution >= 4 is 15.9 Å². The average Bonchev–Trinajstić information content (AvgIpc) is 2.76. The molecule has 1 aromatic carbocycles. The highest BCUT2D eigenvalue weighted by atomic mass is 79.9. The van der Waals surface area contributed by atoms with Gasteiger partial charge < -0.3 is 4.57 Å². The Bertz CT molecular complexity index is 541. The minimum atomic E-state index is -0.299. The van der Waals surface area contributed by atoms with Crippen LogP contribution in [0.2, 0.25) is 0 Å². The number of hydrazine groups is 1. The molecular weight excluding hydrogens is 299 g/mol. The maximum atomic E-state index is 13.5. The molecule has 0 aliphatic rings. The van der Waals surface area contributed by atoms with Crippen LogP contribution in [-0.2, 0) is 13.5 Å². The van der Waals surface area contributed by atoms with Crippen molar-refractivity contribution in [3.63, 3.8) is 0 Å². The van der Waals surface area contributed by atoms with E-state index in [0.717, 1.165) is 11.4 Å². The highest BCUT2D eigenvalue weighted by Gasteiger charge is 2.17. The Labute approximate surface area is 113 Å². The maximum absolute atomic E-state index is 13.5. The molecule has 2 aromatic rings. The highest BCUT2D eigenvalue weighted by molar-refractivity contribution is 9.10. The lowest BCUT2D eigenvalue weighted by atomic mass is 10.0. The van der Waals surface area contributed by atoms with Crippen molar-refractivity contribution in [2.75, 3.05) is 0 Å². The molecule has 0 bridgehead atoms. The van der Waals surface area contributed by atoms with Gasteiger partial charge in [-0.1, -0.05) is 12.1 Å². The molecule has 0 saturated heterocycles. The number of rotatable bonds is 4. The van der Waals surface area contributed by atoms with Gasteiger partial charge in [0, 0.05) is 25.9 Å². The van der Waals surface area contributed by atoms with Crippen molar-refractivity contribution in [2.24, 2.45) is 12.9 Å². The van der Waals surface area contributed by atoms with Crippen molar-refractivity contribution in [1.29, 1.82) is 0 Å². The first-order chi connectivity index (χ1) is 8.63. The fourth-order valence-corrected chi connectivity index (χ4v) is 2.36. The summed E-state index contributed by atoms with van der Waals surface area (Å²) in [6, 6.07) is 4.71. The van der Waals surface area contributed by atoms with Gasteiger partial charge in [-0.15, -0.1) is 0 Å². The minimum absolute atomic E-state index is 0.198. The third kappa shape index (κ3) is 2.60. The molecule has 1 heterocycles. The lowest BCUT2D eigenvalue weighted by molar-refractivity contribution is 0.521. The van der Waals surface area contributed by atoms with Crippen molar-refractivity contribution in [1.82, 2.24) is 15.0 Å². The van der Waals surface area contributed by atoms with E-state index in [4.69, 9.17) is 5.84 Å². The number of imidazole rings is 1. The number of nitrogens with zero attached hydrogens (tertiary/aromatic N) is 2. The third-order valence-electron chi connectivity index (χ3n) is 2.87. The quantitative estimate of drug-likeness (QED) is 0.671. The average molecular weight is 313 g/mol. The van der Waals surface area contributed by atoms with Crippen molar-refractivity contribution in [3.05, 3.63) is 52.3 Å². The molecule has 0 aliphatic carbocycles. The van der Waals surface area contributed by atoms with Gasteiger partial charge in [0.1, 0.15) is 11.6 Å². The van der Waals surface area contributed by atoms with Gasteiger partial charge in [0.25, 0.3) is 0 Å². The summed E-state index contributed by atoms with van der Waals surface area (Å²) in [6.45, 7) is 0. The fourth-order valence-electron chi connectivity index (χ4n) is 1.82. The molecule has 1 aromatic heterocycles. The van der Waals surface area contributed by atoms with E-state index >= 15 is 0 Å². The molecule has 3 N–H and O–H groups in total. The smallest absolute Gasteiger partial charge is 0.137 e. The maximum Gasteiger partial charge on any atom is 0.137 e.